The van der Waals surface area contributed by atoms with Gasteiger partial charge < -0.3 is 14.8 Å². The van der Waals surface area contributed by atoms with Gasteiger partial charge in [0.25, 0.3) is 0 Å². The van der Waals surface area contributed by atoms with Gasteiger partial charge in [-0.2, -0.15) is 0 Å². The Labute approximate surface area is 71.0 Å². The number of carbonyl (C=O) groups is 2. The maximum absolute atomic E-state index is 10.7. The molecule has 5 nitrogen and oxygen atoms in total. The van der Waals surface area contributed by atoms with Gasteiger partial charge in [0.15, 0.2) is 0 Å². The number of amides is 1. The Bertz CT molecular complexity index is 157. The minimum atomic E-state index is -0.340. The fourth-order valence-corrected chi connectivity index (χ4v) is 0.588. The Morgan fingerprint density at radius 2 is 2.00 bits per heavy atom. The molecule has 0 aliphatic rings. The van der Waals surface area contributed by atoms with Crippen molar-refractivity contribution in [3.8, 4) is 0 Å². The van der Waals surface area contributed by atoms with Gasteiger partial charge >= 0.3 is 5.97 Å². The van der Waals surface area contributed by atoms with Crippen molar-refractivity contribution in [3.05, 3.63) is 0 Å². The monoisotopic (exact) mass is 175 g/mol. The Balaban J connectivity index is 3.30. The minimum Gasteiger partial charge on any atom is -0.469 e. The quantitative estimate of drug-likeness (QED) is 0.562. The summed E-state index contributed by atoms with van der Waals surface area (Å²) in [5.41, 5.74) is 0. The van der Waals surface area contributed by atoms with Crippen LogP contribution in [0.1, 0.15) is 6.42 Å². The Morgan fingerprint density at radius 1 is 1.33 bits per heavy atom. The zero-order valence-electron chi connectivity index (χ0n) is 7.25. The van der Waals surface area contributed by atoms with Crippen molar-refractivity contribution in [3.63, 3.8) is 0 Å². The van der Waals surface area contributed by atoms with Crippen molar-refractivity contribution in [1.29, 1.82) is 0 Å². The lowest BCUT2D eigenvalue weighted by atomic mass is 10.4. The maximum Gasteiger partial charge on any atom is 0.307 e. The van der Waals surface area contributed by atoms with Crippen LogP contribution in [0, 0.1) is 0 Å². The van der Waals surface area contributed by atoms with Gasteiger partial charge in [0.1, 0.15) is 6.61 Å². The van der Waals surface area contributed by atoms with E-state index in [2.05, 4.69) is 14.8 Å². The molecule has 0 fully saturated rings. The molecule has 0 aromatic carbocycles. The Kier molecular flexibility index (Phi) is 6.00. The van der Waals surface area contributed by atoms with Crippen LogP contribution in [-0.4, -0.2) is 39.2 Å². The maximum atomic E-state index is 10.7. The third kappa shape index (κ3) is 5.67. The highest BCUT2D eigenvalue weighted by Gasteiger charge is 2.02. The predicted molar refractivity (Wildman–Crippen MR) is 41.5 cm³/mol. The van der Waals surface area contributed by atoms with Crippen LogP contribution in [0.2, 0.25) is 0 Å². The van der Waals surface area contributed by atoms with Gasteiger partial charge in [0.05, 0.1) is 13.5 Å². The molecule has 0 aliphatic carbocycles. The van der Waals surface area contributed by atoms with Gasteiger partial charge in [-0.1, -0.05) is 0 Å². The molecule has 0 rings (SSSR count). The molecule has 0 saturated heterocycles. The summed E-state index contributed by atoms with van der Waals surface area (Å²) in [6, 6.07) is 0. The van der Waals surface area contributed by atoms with Crippen LogP contribution < -0.4 is 5.32 Å². The molecule has 0 aromatic rings. The van der Waals surface area contributed by atoms with E-state index >= 15 is 0 Å². The van der Waals surface area contributed by atoms with Crippen LogP contribution in [0.5, 0.6) is 0 Å². The van der Waals surface area contributed by atoms with Crippen molar-refractivity contribution < 1.29 is 19.1 Å². The highest BCUT2D eigenvalue weighted by Crippen LogP contribution is 1.81. The molecule has 0 heterocycles. The number of ether oxygens (including phenoxy) is 2. The zero-order valence-corrected chi connectivity index (χ0v) is 7.25. The van der Waals surface area contributed by atoms with Gasteiger partial charge in [0, 0.05) is 13.7 Å². The number of hydrogen-bond acceptors (Lipinski definition) is 4. The summed E-state index contributed by atoms with van der Waals surface area (Å²) in [7, 11) is 2.74. The van der Waals surface area contributed by atoms with E-state index < -0.39 is 0 Å². The summed E-state index contributed by atoms with van der Waals surface area (Å²) in [5.74, 6) is -0.575. The van der Waals surface area contributed by atoms with Crippen LogP contribution in [0.4, 0.5) is 0 Å². The SMILES string of the molecule is COCC(=O)NCCC(=O)OC. The average molecular weight is 175 g/mol. The van der Waals surface area contributed by atoms with Crippen LogP contribution >= 0.6 is 0 Å². The van der Waals surface area contributed by atoms with E-state index in [0.29, 0.717) is 0 Å². The number of rotatable bonds is 5. The first-order valence-electron chi connectivity index (χ1n) is 3.53. The van der Waals surface area contributed by atoms with Crippen molar-refractivity contribution >= 4 is 11.9 Å². The first-order valence-corrected chi connectivity index (χ1v) is 3.53. The standard InChI is InChI=1S/C7H13NO4/c1-11-5-6(9)8-4-3-7(10)12-2/h3-5H2,1-2H3,(H,8,9). The van der Waals surface area contributed by atoms with Gasteiger partial charge in [-0.25, -0.2) is 0 Å². The van der Waals surface area contributed by atoms with Gasteiger partial charge in [0.2, 0.25) is 5.91 Å². The van der Waals surface area contributed by atoms with E-state index in [9.17, 15) is 9.59 Å². The second-order valence-corrected chi connectivity index (χ2v) is 2.11. The lowest BCUT2D eigenvalue weighted by molar-refractivity contribution is -0.140. The number of carbonyl (C=O) groups excluding carboxylic acids is 2. The molecule has 12 heavy (non-hydrogen) atoms. The molecule has 1 amide bonds. The molecule has 1 N–H and O–H groups in total. The molecular formula is C7H13NO4. The molecule has 70 valence electrons. The third-order valence-corrected chi connectivity index (χ3v) is 1.15. The molecule has 0 radical (unpaired) electrons. The summed E-state index contributed by atoms with van der Waals surface area (Å²) >= 11 is 0. The van der Waals surface area contributed by atoms with Crippen LogP contribution in [0.15, 0.2) is 0 Å². The van der Waals surface area contributed by atoms with Crippen molar-refractivity contribution in [2.45, 2.75) is 6.42 Å². The summed E-state index contributed by atoms with van der Waals surface area (Å²) in [5, 5.41) is 2.48. The van der Waals surface area contributed by atoms with Crippen molar-refractivity contribution in [2.24, 2.45) is 0 Å². The van der Waals surface area contributed by atoms with E-state index in [1.807, 2.05) is 0 Å². The van der Waals surface area contributed by atoms with E-state index in [-0.39, 0.29) is 31.4 Å². The lowest BCUT2D eigenvalue weighted by Gasteiger charge is -2.02. The van der Waals surface area contributed by atoms with Gasteiger partial charge in [-0.15, -0.1) is 0 Å². The highest BCUT2D eigenvalue weighted by molar-refractivity contribution is 5.78. The van der Waals surface area contributed by atoms with Crippen molar-refractivity contribution in [1.82, 2.24) is 5.32 Å². The largest absolute Gasteiger partial charge is 0.469 e. The molecule has 0 bridgehead atoms. The third-order valence-electron chi connectivity index (χ3n) is 1.15. The number of esters is 1. The van der Waals surface area contributed by atoms with Gasteiger partial charge in [-0.3, -0.25) is 9.59 Å². The minimum absolute atomic E-state index is 0.0151. The molecule has 5 heteroatoms. The molecule has 0 saturated carbocycles. The second-order valence-electron chi connectivity index (χ2n) is 2.11. The van der Waals surface area contributed by atoms with E-state index in [4.69, 9.17) is 0 Å². The fourth-order valence-electron chi connectivity index (χ4n) is 0.588. The smallest absolute Gasteiger partial charge is 0.307 e. The zero-order chi connectivity index (χ0) is 9.40. The first kappa shape index (κ1) is 10.9. The summed E-state index contributed by atoms with van der Waals surface area (Å²) < 4.78 is 8.93. The number of methoxy groups -OCH3 is 2. The lowest BCUT2D eigenvalue weighted by Crippen LogP contribution is -2.29. The molecule has 0 atom stereocenters. The van der Waals surface area contributed by atoms with E-state index in [0.717, 1.165) is 0 Å². The van der Waals surface area contributed by atoms with Crippen LogP contribution in [-0.2, 0) is 19.1 Å². The average Bonchev–Trinajstić information content (AvgIpc) is 2.04. The second kappa shape index (κ2) is 6.60. The highest BCUT2D eigenvalue weighted by atomic mass is 16.5. The van der Waals surface area contributed by atoms with Crippen molar-refractivity contribution in [2.75, 3.05) is 27.4 Å². The van der Waals surface area contributed by atoms with Crippen LogP contribution in [0.25, 0.3) is 0 Å². The summed E-state index contributed by atoms with van der Waals surface area (Å²) in [6.45, 7) is 0.302. The number of hydrogen-bond donors (Lipinski definition) is 1. The molecule has 0 unspecified atom stereocenters. The molecule has 0 aromatic heterocycles. The molecule has 0 aliphatic heterocycles. The van der Waals surface area contributed by atoms with E-state index in [1.54, 1.807) is 0 Å². The summed E-state index contributed by atoms with van der Waals surface area (Å²) in [6.07, 6.45) is 0.186. The van der Waals surface area contributed by atoms with Crippen LogP contribution in [0.3, 0.4) is 0 Å². The van der Waals surface area contributed by atoms with E-state index in [1.165, 1.54) is 14.2 Å². The van der Waals surface area contributed by atoms with Gasteiger partial charge in [-0.05, 0) is 0 Å². The fraction of sp³-hybridized carbons (Fsp3) is 0.714. The first-order chi connectivity index (χ1) is 5.70. The Morgan fingerprint density at radius 3 is 2.50 bits per heavy atom. The summed E-state index contributed by atoms with van der Waals surface area (Å²) in [4.78, 5) is 21.3. The number of nitrogens with one attached hydrogen (secondary N) is 1. The predicted octanol–water partition coefficient (Wildman–Crippen LogP) is -0.688. The Hall–Kier alpha value is -1.10. The topological polar surface area (TPSA) is 64.6 Å². The molecular weight excluding hydrogens is 162 g/mol. The normalized spacial score (nSPS) is 9.17. The molecule has 0 spiro atoms.